The lowest BCUT2D eigenvalue weighted by atomic mass is 9.57. The van der Waals surface area contributed by atoms with Gasteiger partial charge in [0.2, 0.25) is 0 Å². The summed E-state index contributed by atoms with van der Waals surface area (Å²) in [6, 6.07) is 20.7. The van der Waals surface area contributed by atoms with Gasteiger partial charge in [-0.15, -0.1) is 0 Å². The lowest BCUT2D eigenvalue weighted by Gasteiger charge is -2.46. The molecule has 0 spiro atoms. The maximum Gasteiger partial charge on any atom is 0.255 e. The number of carbonyl (C=O) groups excluding carboxylic acids is 1. The molecule has 33 heavy (non-hydrogen) atoms. The second-order valence-electron chi connectivity index (χ2n) is 9.53. The number of benzene rings is 2. The van der Waals surface area contributed by atoms with Crippen LogP contribution in [0.2, 0.25) is 0 Å². The van der Waals surface area contributed by atoms with Crippen LogP contribution in [0, 0.1) is 12.8 Å². The minimum Gasteiger partial charge on any atom is -0.493 e. The number of rotatable bonds is 4. The summed E-state index contributed by atoms with van der Waals surface area (Å²) in [4.78, 5) is 17.2. The van der Waals surface area contributed by atoms with Gasteiger partial charge in [0, 0.05) is 22.7 Å². The molecule has 1 fully saturated rings. The number of pyridine rings is 1. The van der Waals surface area contributed by atoms with Gasteiger partial charge in [-0.1, -0.05) is 43.3 Å². The molecular formula is C29H32N2O2. The van der Waals surface area contributed by atoms with Crippen molar-refractivity contribution in [2.75, 3.05) is 11.9 Å². The van der Waals surface area contributed by atoms with Crippen molar-refractivity contribution in [2.45, 2.75) is 57.3 Å². The standard InChI is InChI=1S/C29H32N2O2/c1-3-29-15-13-22(21-8-5-4-6-9-21)18-24(29)14-17-33-27-19-23(11-12-25(27)29)28(32)31-26-10-7-16-30-20(26)2/h4-12,16,19,22,24H,3,13-15,17-18H2,1-2H3,(H,31,32). The molecule has 0 bridgehead atoms. The summed E-state index contributed by atoms with van der Waals surface area (Å²) in [6.45, 7) is 4.91. The summed E-state index contributed by atoms with van der Waals surface area (Å²) in [5, 5.41) is 3.00. The van der Waals surface area contributed by atoms with Crippen LogP contribution < -0.4 is 10.1 Å². The Morgan fingerprint density at radius 2 is 1.97 bits per heavy atom. The molecule has 170 valence electrons. The van der Waals surface area contributed by atoms with Crippen molar-refractivity contribution in [1.29, 1.82) is 0 Å². The first-order valence-electron chi connectivity index (χ1n) is 12.2. The molecule has 2 aliphatic rings. The Balaban J connectivity index is 1.43. The number of anilines is 1. The van der Waals surface area contributed by atoms with Gasteiger partial charge in [0.15, 0.2) is 0 Å². The van der Waals surface area contributed by atoms with Gasteiger partial charge in [0.25, 0.3) is 5.91 Å². The molecule has 1 aromatic heterocycles. The maximum absolute atomic E-state index is 13.0. The van der Waals surface area contributed by atoms with E-state index in [1.165, 1.54) is 24.0 Å². The molecule has 4 nitrogen and oxygen atoms in total. The zero-order chi connectivity index (χ0) is 22.8. The van der Waals surface area contributed by atoms with Crippen molar-refractivity contribution >= 4 is 11.6 Å². The summed E-state index contributed by atoms with van der Waals surface area (Å²) in [7, 11) is 0. The van der Waals surface area contributed by atoms with Gasteiger partial charge in [-0.05, 0) is 80.7 Å². The molecule has 5 rings (SSSR count). The summed E-state index contributed by atoms with van der Waals surface area (Å²) in [6.07, 6.45) is 7.43. The van der Waals surface area contributed by atoms with E-state index in [2.05, 4.69) is 53.6 Å². The zero-order valence-electron chi connectivity index (χ0n) is 19.5. The average Bonchev–Trinajstić information content (AvgIpc) is 3.02. The summed E-state index contributed by atoms with van der Waals surface area (Å²) in [5.74, 6) is 1.95. The van der Waals surface area contributed by atoms with E-state index in [0.29, 0.717) is 24.0 Å². The highest BCUT2D eigenvalue weighted by Crippen LogP contribution is 2.55. The van der Waals surface area contributed by atoms with E-state index < -0.39 is 0 Å². The van der Waals surface area contributed by atoms with Crippen molar-refractivity contribution in [3.63, 3.8) is 0 Å². The number of hydrogen-bond acceptors (Lipinski definition) is 3. The minimum absolute atomic E-state index is 0.117. The topological polar surface area (TPSA) is 51.2 Å². The fourth-order valence-corrected chi connectivity index (χ4v) is 6.07. The number of ether oxygens (including phenoxy) is 1. The third-order valence-electron chi connectivity index (χ3n) is 7.95. The number of fused-ring (bicyclic) bond motifs is 3. The predicted molar refractivity (Wildman–Crippen MR) is 132 cm³/mol. The van der Waals surface area contributed by atoms with Crippen molar-refractivity contribution in [3.8, 4) is 5.75 Å². The Morgan fingerprint density at radius 3 is 2.76 bits per heavy atom. The highest BCUT2D eigenvalue weighted by molar-refractivity contribution is 6.04. The number of nitrogens with one attached hydrogen (secondary N) is 1. The minimum atomic E-state index is -0.128. The molecule has 1 saturated carbocycles. The van der Waals surface area contributed by atoms with Crippen LogP contribution in [0.1, 0.15) is 72.1 Å². The van der Waals surface area contributed by atoms with Gasteiger partial charge in [-0.3, -0.25) is 9.78 Å². The summed E-state index contributed by atoms with van der Waals surface area (Å²) < 4.78 is 6.28. The van der Waals surface area contributed by atoms with E-state index in [1.54, 1.807) is 6.20 Å². The third kappa shape index (κ3) is 4.03. The van der Waals surface area contributed by atoms with E-state index in [1.807, 2.05) is 31.2 Å². The number of nitrogens with zero attached hydrogens (tertiary/aromatic N) is 1. The van der Waals surface area contributed by atoms with Crippen LogP contribution in [-0.2, 0) is 5.41 Å². The number of aryl methyl sites for hydroxylation is 1. The zero-order valence-corrected chi connectivity index (χ0v) is 19.5. The second-order valence-corrected chi connectivity index (χ2v) is 9.53. The quantitative estimate of drug-likeness (QED) is 0.494. The van der Waals surface area contributed by atoms with Gasteiger partial charge in [-0.25, -0.2) is 0 Å². The van der Waals surface area contributed by atoms with E-state index in [9.17, 15) is 4.79 Å². The van der Waals surface area contributed by atoms with Crippen molar-refractivity contribution < 1.29 is 9.53 Å². The van der Waals surface area contributed by atoms with E-state index >= 15 is 0 Å². The molecule has 1 amide bonds. The smallest absolute Gasteiger partial charge is 0.255 e. The monoisotopic (exact) mass is 440 g/mol. The molecule has 0 radical (unpaired) electrons. The van der Waals surface area contributed by atoms with Gasteiger partial charge in [0.05, 0.1) is 18.0 Å². The molecule has 1 aliphatic carbocycles. The van der Waals surface area contributed by atoms with Crippen molar-refractivity contribution in [3.05, 3.63) is 89.2 Å². The summed E-state index contributed by atoms with van der Waals surface area (Å²) in [5.41, 5.74) is 5.03. The Labute approximate surface area is 196 Å². The number of aromatic nitrogens is 1. The first-order chi connectivity index (χ1) is 16.1. The fourth-order valence-electron chi connectivity index (χ4n) is 6.07. The highest BCUT2D eigenvalue weighted by Gasteiger charge is 2.46. The van der Waals surface area contributed by atoms with Crippen LogP contribution in [0.25, 0.3) is 0 Å². The molecule has 2 heterocycles. The average molecular weight is 441 g/mol. The van der Waals surface area contributed by atoms with Crippen LogP contribution in [0.5, 0.6) is 5.75 Å². The van der Waals surface area contributed by atoms with Gasteiger partial charge < -0.3 is 10.1 Å². The number of hydrogen-bond donors (Lipinski definition) is 1. The third-order valence-corrected chi connectivity index (χ3v) is 7.95. The van der Waals surface area contributed by atoms with Gasteiger partial charge in [0.1, 0.15) is 5.75 Å². The Kier molecular flexibility index (Phi) is 5.92. The fraction of sp³-hybridized carbons (Fsp3) is 0.379. The van der Waals surface area contributed by atoms with Crippen LogP contribution in [-0.4, -0.2) is 17.5 Å². The lowest BCUT2D eigenvalue weighted by Crippen LogP contribution is -2.39. The van der Waals surface area contributed by atoms with E-state index in [0.717, 1.165) is 36.4 Å². The molecule has 0 saturated heterocycles. The normalized spacial score (nSPS) is 24.1. The SMILES string of the molecule is CCC12CCC(c3ccccc3)CC1CCOc1cc(C(=O)Nc3cccnc3C)ccc12. The van der Waals surface area contributed by atoms with Crippen LogP contribution in [0.15, 0.2) is 66.9 Å². The Hall–Kier alpha value is -3.14. The Morgan fingerprint density at radius 1 is 1.12 bits per heavy atom. The summed E-state index contributed by atoms with van der Waals surface area (Å²) >= 11 is 0. The first kappa shape index (κ1) is 21.7. The molecule has 2 aromatic carbocycles. The maximum atomic E-state index is 13.0. The molecule has 3 atom stereocenters. The highest BCUT2D eigenvalue weighted by atomic mass is 16.5. The molecule has 4 heteroatoms. The Bertz CT molecular complexity index is 1140. The van der Waals surface area contributed by atoms with Crippen molar-refractivity contribution in [2.24, 2.45) is 5.92 Å². The predicted octanol–water partition coefficient (Wildman–Crippen LogP) is 6.66. The molecule has 3 unspecified atom stereocenters. The van der Waals surface area contributed by atoms with Crippen LogP contribution in [0.4, 0.5) is 5.69 Å². The van der Waals surface area contributed by atoms with E-state index in [-0.39, 0.29) is 11.3 Å². The van der Waals surface area contributed by atoms with Crippen molar-refractivity contribution in [1.82, 2.24) is 4.98 Å². The van der Waals surface area contributed by atoms with Gasteiger partial charge in [-0.2, -0.15) is 0 Å². The number of amides is 1. The molecule has 1 N–H and O–H groups in total. The van der Waals surface area contributed by atoms with Gasteiger partial charge >= 0.3 is 0 Å². The lowest BCUT2D eigenvalue weighted by molar-refractivity contribution is 0.102. The van der Waals surface area contributed by atoms with E-state index in [4.69, 9.17) is 4.74 Å². The van der Waals surface area contributed by atoms with Crippen LogP contribution >= 0.6 is 0 Å². The van der Waals surface area contributed by atoms with Crippen LogP contribution in [0.3, 0.4) is 0 Å². The largest absolute Gasteiger partial charge is 0.493 e. The molecule has 3 aromatic rings. The molecular weight excluding hydrogens is 408 g/mol. The first-order valence-corrected chi connectivity index (χ1v) is 12.2. The molecule has 1 aliphatic heterocycles. The second kappa shape index (κ2) is 9.01. The number of carbonyl (C=O) groups is 1.